The number of halogens is 1. The molecule has 2 aliphatic rings. The third-order valence-corrected chi connectivity index (χ3v) is 7.66. The third-order valence-electron chi connectivity index (χ3n) is 1.69. The van der Waals surface area contributed by atoms with Crippen molar-refractivity contribution in [2.24, 2.45) is 0 Å². The highest BCUT2D eigenvalue weighted by Gasteiger charge is 2.43. The summed E-state index contributed by atoms with van der Waals surface area (Å²) in [6.07, 6.45) is 0. The number of hydrogen-bond acceptors (Lipinski definition) is 5. The van der Waals surface area contributed by atoms with Crippen LogP contribution in [0.15, 0.2) is 9.33 Å². The second-order valence-electron chi connectivity index (χ2n) is 2.88. The van der Waals surface area contributed by atoms with E-state index in [4.69, 9.17) is 4.74 Å². The Balaban J connectivity index is 2.13. The molecule has 13 heavy (non-hydrogen) atoms. The molecule has 2 aliphatic heterocycles. The van der Waals surface area contributed by atoms with E-state index in [2.05, 4.69) is 34.9 Å². The van der Waals surface area contributed by atoms with Crippen molar-refractivity contribution in [3.05, 3.63) is 9.33 Å². The number of alkyl halides is 1. The van der Waals surface area contributed by atoms with Crippen LogP contribution in [-0.4, -0.2) is 34.5 Å². The minimum atomic E-state index is -0.0605. The fourth-order valence-corrected chi connectivity index (χ4v) is 6.13. The number of nitrogens with zero attached hydrogens (tertiary/aromatic N) is 1. The molecule has 2 heterocycles. The molecule has 0 saturated carbocycles. The van der Waals surface area contributed by atoms with Gasteiger partial charge in [-0.05, 0) is 41.8 Å². The van der Waals surface area contributed by atoms with E-state index in [1.807, 2.05) is 23.5 Å². The third kappa shape index (κ3) is 2.02. The summed E-state index contributed by atoms with van der Waals surface area (Å²) in [6.45, 7) is 0.841. The summed E-state index contributed by atoms with van der Waals surface area (Å²) in [4.78, 5) is 2.16. The largest absolute Gasteiger partial charge is 0.485 e. The zero-order valence-corrected chi connectivity index (χ0v) is 11.4. The first-order valence-corrected chi connectivity index (χ1v) is 7.27. The van der Waals surface area contributed by atoms with E-state index in [0.717, 1.165) is 17.5 Å². The summed E-state index contributed by atoms with van der Waals surface area (Å²) in [6, 6.07) is 0. The van der Waals surface area contributed by atoms with Crippen LogP contribution in [0.25, 0.3) is 0 Å². The second kappa shape index (κ2) is 3.89. The van der Waals surface area contributed by atoms with Crippen LogP contribution in [0.5, 0.6) is 0 Å². The first-order chi connectivity index (χ1) is 6.12. The standard InChI is InChI=1S/C7H10BrNOS3/c1-9(2)7(8)12-5-6(13-7)11-4-3-10-5/h3-4H2,1-2H3. The molecule has 74 valence electrons. The molecule has 0 bridgehead atoms. The highest BCUT2D eigenvalue weighted by molar-refractivity contribution is 9.14. The van der Waals surface area contributed by atoms with E-state index in [-0.39, 0.29) is 3.11 Å². The van der Waals surface area contributed by atoms with Gasteiger partial charge in [-0.1, -0.05) is 11.8 Å². The van der Waals surface area contributed by atoms with Crippen LogP contribution in [0.3, 0.4) is 0 Å². The van der Waals surface area contributed by atoms with E-state index in [0.29, 0.717) is 0 Å². The Morgan fingerprint density at radius 2 is 2.23 bits per heavy atom. The quantitative estimate of drug-likeness (QED) is 0.543. The molecule has 2 nitrogen and oxygen atoms in total. The molecule has 0 N–H and O–H groups in total. The van der Waals surface area contributed by atoms with E-state index >= 15 is 0 Å². The van der Waals surface area contributed by atoms with Gasteiger partial charge in [0.05, 0.1) is 10.8 Å². The van der Waals surface area contributed by atoms with Crippen molar-refractivity contribution in [3.63, 3.8) is 0 Å². The van der Waals surface area contributed by atoms with Gasteiger partial charge in [0.15, 0.2) is 8.20 Å². The first-order valence-electron chi connectivity index (χ1n) is 3.86. The molecule has 0 fully saturated rings. The lowest BCUT2D eigenvalue weighted by Crippen LogP contribution is -2.29. The van der Waals surface area contributed by atoms with Crippen LogP contribution in [0.2, 0.25) is 0 Å². The molecule has 2 rings (SSSR count). The monoisotopic (exact) mass is 299 g/mol. The molecule has 0 saturated heterocycles. The summed E-state index contributed by atoms with van der Waals surface area (Å²) >= 11 is 9.19. The Morgan fingerprint density at radius 3 is 2.85 bits per heavy atom. The highest BCUT2D eigenvalue weighted by atomic mass is 79.9. The van der Waals surface area contributed by atoms with Crippen molar-refractivity contribution in [1.82, 2.24) is 4.90 Å². The summed E-state index contributed by atoms with van der Waals surface area (Å²) in [5, 5.41) is 1.09. The van der Waals surface area contributed by atoms with Crippen LogP contribution in [-0.2, 0) is 4.74 Å². The highest BCUT2D eigenvalue weighted by Crippen LogP contribution is 2.62. The van der Waals surface area contributed by atoms with Crippen LogP contribution in [0, 0.1) is 0 Å². The lowest BCUT2D eigenvalue weighted by molar-refractivity contribution is 0.258. The molecular formula is C7H10BrNOS3. The average Bonchev–Trinajstić information content (AvgIpc) is 2.42. The summed E-state index contributed by atoms with van der Waals surface area (Å²) in [5.74, 6) is 1.07. The van der Waals surface area contributed by atoms with E-state index < -0.39 is 0 Å². The van der Waals surface area contributed by atoms with E-state index in [1.165, 1.54) is 4.24 Å². The predicted molar refractivity (Wildman–Crippen MR) is 66.0 cm³/mol. The van der Waals surface area contributed by atoms with Crippen molar-refractivity contribution in [2.45, 2.75) is 3.11 Å². The van der Waals surface area contributed by atoms with Crippen LogP contribution >= 0.6 is 51.2 Å². The normalized spacial score (nSPS) is 33.5. The van der Waals surface area contributed by atoms with Gasteiger partial charge >= 0.3 is 0 Å². The molecule has 1 unspecified atom stereocenters. The molecule has 0 spiro atoms. The average molecular weight is 300 g/mol. The summed E-state index contributed by atoms with van der Waals surface area (Å²) in [5.41, 5.74) is 0. The molecule has 1 atom stereocenters. The van der Waals surface area contributed by atoms with Gasteiger partial charge in [0.25, 0.3) is 0 Å². The second-order valence-corrected chi connectivity index (χ2v) is 9.06. The Bertz CT molecular complexity index is 238. The maximum Gasteiger partial charge on any atom is 0.182 e. The van der Waals surface area contributed by atoms with Crippen LogP contribution in [0.1, 0.15) is 0 Å². The molecule has 0 aliphatic carbocycles. The molecule has 6 heteroatoms. The zero-order chi connectivity index (χ0) is 9.47. The Hall–Kier alpha value is 1.03. The molecule has 0 amide bonds. The van der Waals surface area contributed by atoms with Gasteiger partial charge in [-0.2, -0.15) is 0 Å². The van der Waals surface area contributed by atoms with Gasteiger partial charge < -0.3 is 4.74 Å². The first kappa shape index (κ1) is 10.5. The lowest BCUT2D eigenvalue weighted by Gasteiger charge is -2.27. The maximum absolute atomic E-state index is 5.59. The topological polar surface area (TPSA) is 12.5 Å². The minimum absolute atomic E-state index is 0.0605. The number of hydrogen-bond donors (Lipinski definition) is 0. The summed E-state index contributed by atoms with van der Waals surface area (Å²) in [7, 11) is 4.13. The fourth-order valence-electron chi connectivity index (χ4n) is 0.961. The molecule has 0 aromatic rings. The molecule has 0 radical (unpaired) electrons. The molecular weight excluding hydrogens is 290 g/mol. The van der Waals surface area contributed by atoms with Gasteiger partial charge in [0, 0.05) is 5.75 Å². The van der Waals surface area contributed by atoms with Gasteiger partial charge in [0.1, 0.15) is 0 Å². The van der Waals surface area contributed by atoms with Crippen molar-refractivity contribution in [1.29, 1.82) is 0 Å². The SMILES string of the molecule is CN(C)C1(Br)SC2=C(SCCO2)S1. The minimum Gasteiger partial charge on any atom is -0.485 e. The van der Waals surface area contributed by atoms with Crippen molar-refractivity contribution in [2.75, 3.05) is 26.5 Å². The van der Waals surface area contributed by atoms with E-state index in [9.17, 15) is 0 Å². The summed E-state index contributed by atoms with van der Waals surface area (Å²) < 4.78 is 6.85. The van der Waals surface area contributed by atoms with Crippen molar-refractivity contribution in [3.8, 4) is 0 Å². The Labute approximate surface area is 99.3 Å². The predicted octanol–water partition coefficient (Wildman–Crippen LogP) is 2.92. The van der Waals surface area contributed by atoms with Crippen molar-refractivity contribution >= 4 is 51.2 Å². The van der Waals surface area contributed by atoms with Gasteiger partial charge in [0.2, 0.25) is 0 Å². The number of rotatable bonds is 1. The smallest absolute Gasteiger partial charge is 0.182 e. The van der Waals surface area contributed by atoms with Gasteiger partial charge in [-0.3, -0.25) is 4.90 Å². The maximum atomic E-state index is 5.59. The Morgan fingerprint density at radius 1 is 1.46 bits per heavy atom. The fraction of sp³-hybridized carbons (Fsp3) is 0.714. The molecule has 0 aromatic heterocycles. The van der Waals surface area contributed by atoms with Crippen LogP contribution < -0.4 is 0 Å². The van der Waals surface area contributed by atoms with Crippen LogP contribution in [0.4, 0.5) is 0 Å². The zero-order valence-electron chi connectivity index (χ0n) is 7.37. The molecule has 0 aromatic carbocycles. The Kier molecular flexibility index (Phi) is 3.15. The van der Waals surface area contributed by atoms with Gasteiger partial charge in [-0.25, -0.2) is 0 Å². The van der Waals surface area contributed by atoms with E-state index in [1.54, 1.807) is 11.8 Å². The lowest BCUT2D eigenvalue weighted by atomic mass is 10.8. The van der Waals surface area contributed by atoms with Crippen molar-refractivity contribution < 1.29 is 4.74 Å². The number of thioether (sulfide) groups is 3. The van der Waals surface area contributed by atoms with Gasteiger partial charge in [-0.15, -0.1) is 11.8 Å². The number of ether oxygens (including phenoxy) is 1.